The van der Waals surface area contributed by atoms with Crippen LogP contribution in [0.25, 0.3) is 22.2 Å². The predicted octanol–water partition coefficient (Wildman–Crippen LogP) is 2.56. The van der Waals surface area contributed by atoms with E-state index in [-0.39, 0.29) is 0 Å². The second kappa shape index (κ2) is 8.08. The Morgan fingerprint density at radius 3 is 2.52 bits per heavy atom. The first-order valence-corrected chi connectivity index (χ1v) is 10.0. The van der Waals surface area contributed by atoms with Gasteiger partial charge in [-0.25, -0.2) is 14.4 Å². The average Bonchev–Trinajstić information content (AvgIpc) is 3.17. The minimum Gasteiger partial charge on any atom is -0.467 e. The Morgan fingerprint density at radius 1 is 0.968 bits per heavy atom. The summed E-state index contributed by atoms with van der Waals surface area (Å²) in [6, 6.07) is 14.8. The summed E-state index contributed by atoms with van der Waals surface area (Å²) in [5.41, 5.74) is 5.16. The van der Waals surface area contributed by atoms with E-state index in [1.807, 2.05) is 36.1 Å². The number of ether oxygens (including phenoxy) is 1. The number of methoxy groups -OCH3 is 1. The average molecular weight is 412 g/mol. The molecule has 0 aliphatic rings. The van der Waals surface area contributed by atoms with Gasteiger partial charge in [-0.05, 0) is 35.9 Å². The molecule has 31 heavy (non-hydrogen) atoms. The summed E-state index contributed by atoms with van der Waals surface area (Å²) in [4.78, 5) is 12.7. The first kappa shape index (κ1) is 19.1. The van der Waals surface area contributed by atoms with Gasteiger partial charge in [-0.1, -0.05) is 16.8 Å². The third kappa shape index (κ3) is 3.69. The number of aryl methyl sites for hydroxylation is 1. The lowest BCUT2D eigenvalue weighted by Crippen LogP contribution is -2.22. The lowest BCUT2D eigenvalue weighted by Gasteiger charge is -2.06. The van der Waals surface area contributed by atoms with E-state index < -0.39 is 0 Å². The maximum absolute atomic E-state index is 4.99. The fourth-order valence-electron chi connectivity index (χ4n) is 3.63. The van der Waals surface area contributed by atoms with E-state index in [2.05, 4.69) is 55.0 Å². The number of rotatable bonds is 6. The molecule has 0 radical (unpaired) electrons. The quantitative estimate of drug-likeness (QED) is 0.432. The smallest absolute Gasteiger partial charge is 0.316 e. The van der Waals surface area contributed by atoms with Crippen LogP contribution in [0.3, 0.4) is 0 Å². The van der Waals surface area contributed by atoms with Crippen LogP contribution < -0.4 is 14.5 Å². The zero-order chi connectivity index (χ0) is 21.2. The largest absolute Gasteiger partial charge is 0.467 e. The molecule has 0 aliphatic heterocycles. The fourth-order valence-corrected chi connectivity index (χ4v) is 3.63. The van der Waals surface area contributed by atoms with E-state index in [0.29, 0.717) is 12.6 Å². The highest BCUT2D eigenvalue weighted by atomic mass is 16.5. The van der Waals surface area contributed by atoms with Crippen LogP contribution in [0.1, 0.15) is 17.0 Å². The third-order valence-electron chi connectivity index (χ3n) is 5.19. The molecule has 0 aliphatic carbocycles. The van der Waals surface area contributed by atoms with Gasteiger partial charge in [0.15, 0.2) is 0 Å². The summed E-state index contributed by atoms with van der Waals surface area (Å²) in [5, 5.41) is 9.25. The molecule has 4 heterocycles. The topological polar surface area (TPSA) is 81.9 Å². The number of hydrogen-bond donors (Lipinski definition) is 1. The van der Waals surface area contributed by atoms with Crippen LogP contribution in [0.4, 0.5) is 0 Å². The Kier molecular flexibility index (Phi) is 4.97. The fraction of sp³-hybridized carbons (Fsp3) is 0.174. The highest BCUT2D eigenvalue weighted by molar-refractivity contribution is 5.89. The van der Waals surface area contributed by atoms with Crippen LogP contribution in [0.5, 0.6) is 6.01 Å². The molecule has 0 bridgehead atoms. The van der Waals surface area contributed by atoms with Gasteiger partial charge in [-0.3, -0.25) is 4.98 Å². The maximum Gasteiger partial charge on any atom is 0.316 e. The van der Waals surface area contributed by atoms with Gasteiger partial charge < -0.3 is 10.1 Å². The van der Waals surface area contributed by atoms with Gasteiger partial charge in [0.2, 0.25) is 0 Å². The predicted molar refractivity (Wildman–Crippen MR) is 116 cm³/mol. The van der Waals surface area contributed by atoms with Crippen LogP contribution in [0.15, 0.2) is 67.3 Å². The first-order chi connectivity index (χ1) is 15.2. The van der Waals surface area contributed by atoms with E-state index >= 15 is 0 Å². The summed E-state index contributed by atoms with van der Waals surface area (Å²) >= 11 is 0. The summed E-state index contributed by atoms with van der Waals surface area (Å²) in [6.07, 6.45) is 7.37. The molecule has 4 aromatic heterocycles. The molecule has 5 rings (SSSR count). The van der Waals surface area contributed by atoms with Gasteiger partial charge in [-0.15, -0.1) is 0 Å². The monoisotopic (exact) mass is 412 g/mol. The lowest BCUT2D eigenvalue weighted by molar-refractivity contribution is -0.519. The van der Waals surface area contributed by atoms with Gasteiger partial charge in [-0.2, -0.15) is 0 Å². The minimum absolute atomic E-state index is 0.377. The van der Waals surface area contributed by atoms with Crippen LogP contribution in [0.2, 0.25) is 0 Å². The SMILES string of the molecule is COc1ncc(CNCc2ccc(-n3nc(C)[n+]4ccc5ncccc5c34)cc2)cn1. The van der Waals surface area contributed by atoms with Crippen molar-refractivity contribution in [2.75, 3.05) is 7.11 Å². The molecule has 8 heteroatoms. The molecule has 8 nitrogen and oxygen atoms in total. The van der Waals surface area contributed by atoms with Gasteiger partial charge in [0.05, 0.1) is 24.2 Å². The van der Waals surface area contributed by atoms with Crippen molar-refractivity contribution in [3.63, 3.8) is 0 Å². The van der Waals surface area contributed by atoms with Crippen molar-refractivity contribution in [1.82, 2.24) is 30.0 Å². The van der Waals surface area contributed by atoms with Gasteiger partial charge in [0.25, 0.3) is 11.5 Å². The number of aromatic nitrogens is 6. The summed E-state index contributed by atoms with van der Waals surface area (Å²) < 4.78 is 9.06. The zero-order valence-electron chi connectivity index (χ0n) is 17.4. The van der Waals surface area contributed by atoms with Gasteiger partial charge in [0.1, 0.15) is 5.69 Å². The molecule has 0 saturated heterocycles. The van der Waals surface area contributed by atoms with E-state index in [0.717, 1.165) is 40.2 Å². The van der Waals surface area contributed by atoms with Crippen LogP contribution >= 0.6 is 0 Å². The summed E-state index contributed by atoms with van der Waals surface area (Å²) in [6.45, 7) is 3.43. The Hall–Kier alpha value is -3.91. The Balaban J connectivity index is 1.36. The molecule has 5 aromatic rings. The van der Waals surface area contributed by atoms with Crippen molar-refractivity contribution in [3.8, 4) is 11.7 Å². The number of benzene rings is 1. The Labute approximate surface area is 179 Å². The Morgan fingerprint density at radius 2 is 1.74 bits per heavy atom. The van der Waals surface area contributed by atoms with Crippen LogP contribution in [-0.2, 0) is 13.1 Å². The van der Waals surface area contributed by atoms with Gasteiger partial charge >= 0.3 is 6.01 Å². The lowest BCUT2D eigenvalue weighted by atomic mass is 10.2. The number of nitrogens with one attached hydrogen (secondary N) is 1. The van der Waals surface area contributed by atoms with E-state index in [1.165, 1.54) is 5.56 Å². The van der Waals surface area contributed by atoms with E-state index in [4.69, 9.17) is 9.84 Å². The molecule has 154 valence electrons. The molecule has 0 fully saturated rings. The first-order valence-electron chi connectivity index (χ1n) is 10.0. The molecule has 0 atom stereocenters. The highest BCUT2D eigenvalue weighted by Crippen LogP contribution is 2.19. The number of fused-ring (bicyclic) bond motifs is 3. The van der Waals surface area contributed by atoms with Crippen molar-refractivity contribution < 1.29 is 9.14 Å². The van der Waals surface area contributed by atoms with Crippen LogP contribution in [-0.4, -0.2) is 31.8 Å². The molecular weight excluding hydrogens is 390 g/mol. The minimum atomic E-state index is 0.377. The van der Waals surface area contributed by atoms with Crippen molar-refractivity contribution >= 4 is 16.6 Å². The van der Waals surface area contributed by atoms with Crippen molar-refractivity contribution in [2.24, 2.45) is 0 Å². The molecular formula is C23H22N7O+. The number of hydrogen-bond acceptors (Lipinski definition) is 6. The van der Waals surface area contributed by atoms with E-state index in [1.54, 1.807) is 19.5 Å². The normalized spacial score (nSPS) is 11.3. The van der Waals surface area contributed by atoms with Crippen LogP contribution in [0, 0.1) is 6.92 Å². The standard InChI is InChI=1S/C23H22N7O/c1-16-28-30(22-20-4-3-10-25-21(20)9-11-29(16)22)19-7-5-17(6-8-19)12-24-13-18-14-26-23(31-2)27-15-18/h3-11,14-15,24H,12-13H2,1-2H3/q+1. The van der Waals surface area contributed by atoms with Crippen molar-refractivity contribution in [2.45, 2.75) is 20.0 Å². The second-order valence-corrected chi connectivity index (χ2v) is 7.25. The Bertz CT molecular complexity index is 1340. The second-order valence-electron chi connectivity index (χ2n) is 7.25. The number of pyridine rings is 2. The zero-order valence-corrected chi connectivity index (χ0v) is 17.4. The van der Waals surface area contributed by atoms with Gasteiger partial charge in [0, 0.05) is 49.3 Å². The molecule has 1 aromatic carbocycles. The summed E-state index contributed by atoms with van der Waals surface area (Å²) in [7, 11) is 1.56. The molecule has 0 saturated carbocycles. The third-order valence-corrected chi connectivity index (χ3v) is 5.19. The molecule has 0 amide bonds. The molecule has 1 N–H and O–H groups in total. The van der Waals surface area contributed by atoms with Crippen molar-refractivity contribution in [3.05, 3.63) is 84.2 Å². The molecule has 0 spiro atoms. The molecule has 0 unspecified atom stereocenters. The summed E-state index contributed by atoms with van der Waals surface area (Å²) in [5.74, 6) is 0.924. The van der Waals surface area contributed by atoms with E-state index in [9.17, 15) is 0 Å². The maximum atomic E-state index is 4.99. The highest BCUT2D eigenvalue weighted by Gasteiger charge is 2.21. The number of nitrogens with zero attached hydrogens (tertiary/aromatic N) is 6. The van der Waals surface area contributed by atoms with Crippen molar-refractivity contribution in [1.29, 1.82) is 0 Å².